The van der Waals surface area contributed by atoms with Gasteiger partial charge in [0, 0.05) is 24.2 Å². The van der Waals surface area contributed by atoms with E-state index >= 15 is 0 Å². The van der Waals surface area contributed by atoms with Gasteiger partial charge in [0.25, 0.3) is 5.91 Å². The Kier molecular flexibility index (Phi) is 3.08. The normalized spacial score (nSPS) is 27.1. The van der Waals surface area contributed by atoms with E-state index in [0.717, 1.165) is 31.5 Å². The Morgan fingerprint density at radius 3 is 2.67 bits per heavy atom. The molecule has 0 spiro atoms. The first-order valence-corrected chi connectivity index (χ1v) is 6.86. The zero-order chi connectivity index (χ0) is 12.5. The molecule has 18 heavy (non-hydrogen) atoms. The Labute approximate surface area is 108 Å². The molecular formula is C15H20N2O. The lowest BCUT2D eigenvalue weighted by Crippen LogP contribution is -2.42. The zero-order valence-corrected chi connectivity index (χ0v) is 10.9. The molecule has 2 fully saturated rings. The summed E-state index contributed by atoms with van der Waals surface area (Å²) in [6.07, 6.45) is 3.41. The average molecular weight is 244 g/mol. The van der Waals surface area contributed by atoms with Gasteiger partial charge in [0.05, 0.1) is 0 Å². The van der Waals surface area contributed by atoms with Gasteiger partial charge in [-0.25, -0.2) is 0 Å². The summed E-state index contributed by atoms with van der Waals surface area (Å²) in [5.41, 5.74) is 2.03. The Balaban J connectivity index is 1.85. The first-order chi connectivity index (χ1) is 8.75. The monoisotopic (exact) mass is 244 g/mol. The molecule has 3 rings (SSSR count). The van der Waals surface area contributed by atoms with Gasteiger partial charge in [-0.15, -0.1) is 0 Å². The molecule has 2 aliphatic rings. The molecule has 1 N–H and O–H groups in total. The van der Waals surface area contributed by atoms with Gasteiger partial charge in [-0.05, 0) is 44.9 Å². The zero-order valence-electron chi connectivity index (χ0n) is 10.9. The van der Waals surface area contributed by atoms with Crippen LogP contribution in [0.3, 0.4) is 0 Å². The number of amides is 1. The van der Waals surface area contributed by atoms with Crippen molar-refractivity contribution in [1.29, 1.82) is 0 Å². The third kappa shape index (κ3) is 2.03. The van der Waals surface area contributed by atoms with Gasteiger partial charge in [-0.2, -0.15) is 0 Å². The summed E-state index contributed by atoms with van der Waals surface area (Å²) >= 11 is 0. The van der Waals surface area contributed by atoms with Crippen LogP contribution >= 0.6 is 0 Å². The highest BCUT2D eigenvalue weighted by Crippen LogP contribution is 2.29. The van der Waals surface area contributed by atoms with Crippen LogP contribution in [0.4, 0.5) is 0 Å². The van der Waals surface area contributed by atoms with Crippen molar-refractivity contribution in [3.63, 3.8) is 0 Å². The number of aryl methyl sites for hydroxylation is 1. The van der Waals surface area contributed by atoms with E-state index in [1.54, 1.807) is 0 Å². The molecule has 2 aliphatic heterocycles. The standard InChI is InChI=1S/C15H20N2O/c1-11-2-4-12(5-3-11)15(18)17-13-6-7-14(17)10-16-9-8-13/h2-5,13-14,16H,6-10H2,1H3. The van der Waals surface area contributed by atoms with Gasteiger partial charge < -0.3 is 10.2 Å². The van der Waals surface area contributed by atoms with E-state index in [-0.39, 0.29) is 5.91 Å². The molecule has 2 unspecified atom stereocenters. The highest BCUT2D eigenvalue weighted by atomic mass is 16.2. The minimum absolute atomic E-state index is 0.214. The van der Waals surface area contributed by atoms with Crippen LogP contribution in [0.2, 0.25) is 0 Å². The number of benzene rings is 1. The summed E-state index contributed by atoms with van der Waals surface area (Å²) in [6.45, 7) is 4.04. The number of carbonyl (C=O) groups is 1. The third-order valence-electron chi connectivity index (χ3n) is 4.19. The molecule has 96 valence electrons. The van der Waals surface area contributed by atoms with Crippen LogP contribution in [0.1, 0.15) is 35.2 Å². The van der Waals surface area contributed by atoms with Crippen LogP contribution in [0.15, 0.2) is 24.3 Å². The van der Waals surface area contributed by atoms with Crippen molar-refractivity contribution in [3.8, 4) is 0 Å². The van der Waals surface area contributed by atoms with E-state index < -0.39 is 0 Å². The van der Waals surface area contributed by atoms with E-state index in [4.69, 9.17) is 0 Å². The molecule has 0 radical (unpaired) electrons. The molecule has 1 amide bonds. The van der Waals surface area contributed by atoms with Crippen molar-refractivity contribution in [2.75, 3.05) is 13.1 Å². The minimum atomic E-state index is 0.214. The Bertz CT molecular complexity index is 426. The first-order valence-electron chi connectivity index (χ1n) is 6.86. The van der Waals surface area contributed by atoms with E-state index in [1.807, 2.05) is 31.2 Å². The van der Waals surface area contributed by atoms with Gasteiger partial charge in [-0.3, -0.25) is 4.79 Å². The first kappa shape index (κ1) is 11.7. The second-order valence-corrected chi connectivity index (χ2v) is 5.46. The van der Waals surface area contributed by atoms with Gasteiger partial charge in [-0.1, -0.05) is 17.7 Å². The van der Waals surface area contributed by atoms with Crippen LogP contribution in [0, 0.1) is 6.92 Å². The molecule has 3 heteroatoms. The van der Waals surface area contributed by atoms with Crippen molar-refractivity contribution in [2.45, 2.75) is 38.3 Å². The van der Waals surface area contributed by atoms with Crippen LogP contribution in [-0.4, -0.2) is 36.0 Å². The van der Waals surface area contributed by atoms with Crippen LogP contribution in [0.25, 0.3) is 0 Å². The molecule has 2 saturated heterocycles. The fraction of sp³-hybridized carbons (Fsp3) is 0.533. The number of fused-ring (bicyclic) bond motifs is 2. The number of nitrogens with zero attached hydrogens (tertiary/aromatic N) is 1. The van der Waals surface area contributed by atoms with Gasteiger partial charge in [0.2, 0.25) is 0 Å². The van der Waals surface area contributed by atoms with Crippen molar-refractivity contribution >= 4 is 5.91 Å². The lowest BCUT2D eigenvalue weighted by molar-refractivity contribution is 0.0680. The van der Waals surface area contributed by atoms with E-state index in [1.165, 1.54) is 12.0 Å². The molecular weight excluding hydrogens is 224 g/mol. The molecule has 1 aromatic carbocycles. The molecule has 2 heterocycles. The number of carbonyl (C=O) groups excluding carboxylic acids is 1. The van der Waals surface area contributed by atoms with Gasteiger partial charge >= 0.3 is 0 Å². The fourth-order valence-corrected chi connectivity index (χ4v) is 3.16. The summed E-state index contributed by atoms with van der Waals surface area (Å²) < 4.78 is 0. The van der Waals surface area contributed by atoms with Crippen molar-refractivity contribution in [2.24, 2.45) is 0 Å². The molecule has 2 atom stereocenters. The van der Waals surface area contributed by atoms with Crippen molar-refractivity contribution < 1.29 is 4.79 Å². The number of rotatable bonds is 1. The smallest absolute Gasteiger partial charge is 0.254 e. The molecule has 2 bridgehead atoms. The Morgan fingerprint density at radius 2 is 1.89 bits per heavy atom. The highest BCUT2D eigenvalue weighted by molar-refractivity contribution is 5.95. The quantitative estimate of drug-likeness (QED) is 0.819. The second-order valence-electron chi connectivity index (χ2n) is 5.46. The van der Waals surface area contributed by atoms with Crippen LogP contribution in [0.5, 0.6) is 0 Å². The molecule has 3 nitrogen and oxygen atoms in total. The Morgan fingerprint density at radius 1 is 1.17 bits per heavy atom. The topological polar surface area (TPSA) is 32.3 Å². The SMILES string of the molecule is Cc1ccc(C(=O)N2C3CCNCC2CC3)cc1. The predicted molar refractivity (Wildman–Crippen MR) is 71.6 cm³/mol. The summed E-state index contributed by atoms with van der Waals surface area (Å²) in [6, 6.07) is 8.78. The average Bonchev–Trinajstić information content (AvgIpc) is 2.63. The minimum Gasteiger partial charge on any atom is -0.331 e. The largest absolute Gasteiger partial charge is 0.331 e. The van der Waals surface area contributed by atoms with Gasteiger partial charge in [0.15, 0.2) is 0 Å². The van der Waals surface area contributed by atoms with E-state index in [9.17, 15) is 4.79 Å². The summed E-state index contributed by atoms with van der Waals surface area (Å²) in [5, 5.41) is 3.43. The summed E-state index contributed by atoms with van der Waals surface area (Å²) in [4.78, 5) is 14.8. The predicted octanol–water partition coefficient (Wildman–Crippen LogP) is 1.96. The van der Waals surface area contributed by atoms with Crippen LogP contribution in [-0.2, 0) is 0 Å². The lowest BCUT2D eigenvalue weighted by atomic mass is 10.1. The number of nitrogens with one attached hydrogen (secondary N) is 1. The molecule has 0 aliphatic carbocycles. The highest BCUT2D eigenvalue weighted by Gasteiger charge is 2.38. The van der Waals surface area contributed by atoms with Crippen molar-refractivity contribution in [1.82, 2.24) is 10.2 Å². The second kappa shape index (κ2) is 4.73. The van der Waals surface area contributed by atoms with Crippen LogP contribution < -0.4 is 5.32 Å². The fourth-order valence-electron chi connectivity index (χ4n) is 3.16. The molecule has 0 aromatic heterocycles. The van der Waals surface area contributed by atoms with E-state index in [2.05, 4.69) is 10.2 Å². The van der Waals surface area contributed by atoms with Gasteiger partial charge in [0.1, 0.15) is 0 Å². The molecule has 0 saturated carbocycles. The maximum atomic E-state index is 12.6. The lowest BCUT2D eigenvalue weighted by Gasteiger charge is -2.28. The van der Waals surface area contributed by atoms with E-state index in [0.29, 0.717) is 12.1 Å². The summed E-state index contributed by atoms with van der Waals surface area (Å²) in [5.74, 6) is 0.214. The maximum absolute atomic E-state index is 12.6. The number of hydrogen-bond donors (Lipinski definition) is 1. The molecule has 1 aromatic rings. The van der Waals surface area contributed by atoms with Crippen molar-refractivity contribution in [3.05, 3.63) is 35.4 Å². The third-order valence-corrected chi connectivity index (χ3v) is 4.19. The summed E-state index contributed by atoms with van der Waals surface area (Å²) in [7, 11) is 0. The maximum Gasteiger partial charge on any atom is 0.254 e. The Hall–Kier alpha value is -1.35. The number of hydrogen-bond acceptors (Lipinski definition) is 2.